The number of fused-ring (bicyclic) bond motifs is 2. The van der Waals surface area contributed by atoms with E-state index >= 15 is 0 Å². The summed E-state index contributed by atoms with van der Waals surface area (Å²) in [6.07, 6.45) is 6.68. The van der Waals surface area contributed by atoms with E-state index < -0.39 is 0 Å². The molecule has 7 heteroatoms. The Morgan fingerprint density at radius 3 is 2.93 bits per heavy atom. The van der Waals surface area contributed by atoms with Crippen LogP contribution in [0.5, 0.6) is 5.75 Å². The molecular formula is C23H25ClFN3O2. The molecule has 2 aromatic rings. The molecule has 1 aliphatic carbocycles. The lowest BCUT2D eigenvalue weighted by molar-refractivity contribution is 0.253. The number of halogens is 2. The summed E-state index contributed by atoms with van der Waals surface area (Å²) < 4.78 is 19.4. The molecule has 0 unspecified atom stereocenters. The van der Waals surface area contributed by atoms with Gasteiger partial charge in [-0.05, 0) is 31.0 Å². The minimum Gasteiger partial charge on any atom is -0.488 e. The van der Waals surface area contributed by atoms with Crippen LogP contribution in [0.2, 0.25) is 0 Å². The number of hydrogen-bond donors (Lipinski definition) is 1. The van der Waals surface area contributed by atoms with Crippen molar-refractivity contribution >= 4 is 16.6 Å². The number of nitrogens with zero attached hydrogens (tertiary/aromatic N) is 2. The Labute approximate surface area is 179 Å². The van der Waals surface area contributed by atoms with Crippen LogP contribution in [0.25, 0.3) is 5.03 Å². The Morgan fingerprint density at radius 2 is 2.10 bits per heavy atom. The minimum atomic E-state index is -0.338. The first-order valence-electron chi connectivity index (χ1n) is 10.7. The fraction of sp³-hybridized carbons (Fsp3) is 0.478. The molecule has 3 aliphatic rings. The monoisotopic (exact) mass is 429 g/mol. The third kappa shape index (κ3) is 3.79. The van der Waals surface area contributed by atoms with E-state index in [1.165, 1.54) is 31.4 Å². The van der Waals surface area contributed by atoms with Crippen molar-refractivity contribution in [3.63, 3.8) is 0 Å². The Kier molecular flexibility index (Phi) is 5.37. The van der Waals surface area contributed by atoms with Gasteiger partial charge >= 0.3 is 0 Å². The Morgan fingerprint density at radius 1 is 1.27 bits per heavy atom. The van der Waals surface area contributed by atoms with Gasteiger partial charge in [-0.3, -0.25) is 9.69 Å². The highest BCUT2D eigenvalue weighted by Gasteiger charge is 2.27. The molecule has 2 aliphatic heterocycles. The molecule has 1 aromatic carbocycles. The molecule has 1 fully saturated rings. The topological polar surface area (TPSA) is 58.2 Å². The van der Waals surface area contributed by atoms with Gasteiger partial charge in [-0.25, -0.2) is 9.37 Å². The summed E-state index contributed by atoms with van der Waals surface area (Å²) >= 11 is 6.57. The molecule has 158 valence electrons. The van der Waals surface area contributed by atoms with Gasteiger partial charge in [0.2, 0.25) is 0 Å². The minimum absolute atomic E-state index is 0.0161. The molecule has 30 heavy (non-hydrogen) atoms. The molecular weight excluding hydrogens is 405 g/mol. The standard InChI is InChI=1S/C23H25ClFN3O2/c24-21-15(13-30-20-7-6-16(25)10-17(20)21)11-28-9-8-19-18(12-28)23(29)27-22(26-19)14-4-2-1-3-5-14/h6-7,10,14H,1-5,8-9,11-13H2,(H,26,27,29). The van der Waals surface area contributed by atoms with Crippen LogP contribution in [0.3, 0.4) is 0 Å². The average Bonchev–Trinajstić information content (AvgIpc) is 2.77. The highest BCUT2D eigenvalue weighted by atomic mass is 35.5. The van der Waals surface area contributed by atoms with E-state index in [0.29, 0.717) is 42.0 Å². The van der Waals surface area contributed by atoms with Crippen molar-refractivity contribution in [1.29, 1.82) is 0 Å². The second kappa shape index (κ2) is 8.16. The van der Waals surface area contributed by atoms with Crippen LogP contribution in [-0.4, -0.2) is 34.6 Å². The first-order chi connectivity index (χ1) is 14.6. The third-order valence-corrected chi connectivity index (χ3v) is 6.93. The highest BCUT2D eigenvalue weighted by molar-refractivity contribution is 6.49. The molecule has 5 rings (SSSR count). The molecule has 0 saturated heterocycles. The van der Waals surface area contributed by atoms with E-state index in [9.17, 15) is 9.18 Å². The number of rotatable bonds is 3. The average molecular weight is 430 g/mol. The van der Waals surface area contributed by atoms with Crippen LogP contribution >= 0.6 is 11.6 Å². The molecule has 0 amide bonds. The Balaban J connectivity index is 1.35. The smallest absolute Gasteiger partial charge is 0.255 e. The van der Waals surface area contributed by atoms with Gasteiger partial charge in [0.15, 0.2) is 0 Å². The number of hydrogen-bond acceptors (Lipinski definition) is 4. The number of nitrogens with one attached hydrogen (secondary N) is 1. The van der Waals surface area contributed by atoms with Crippen molar-refractivity contribution in [1.82, 2.24) is 14.9 Å². The molecule has 1 saturated carbocycles. The van der Waals surface area contributed by atoms with Crippen molar-refractivity contribution in [2.45, 2.75) is 51.0 Å². The van der Waals surface area contributed by atoms with Crippen LogP contribution in [-0.2, 0) is 13.0 Å². The Bertz CT molecular complexity index is 1060. The SMILES string of the molecule is O=c1[nH]c(C2CCCCC2)nc2c1CN(CC1=C(Cl)c3cc(F)ccc3OC1)CC2. The lowest BCUT2D eigenvalue weighted by Gasteiger charge is -2.31. The molecule has 3 heterocycles. The maximum Gasteiger partial charge on any atom is 0.255 e. The van der Waals surface area contributed by atoms with E-state index in [4.69, 9.17) is 21.3 Å². The normalized spacial score (nSPS) is 19.9. The zero-order chi connectivity index (χ0) is 20.7. The quantitative estimate of drug-likeness (QED) is 0.787. The van der Waals surface area contributed by atoms with Crippen molar-refractivity contribution < 1.29 is 9.13 Å². The summed E-state index contributed by atoms with van der Waals surface area (Å²) in [4.78, 5) is 22.9. The largest absolute Gasteiger partial charge is 0.488 e. The number of aromatic amines is 1. The number of benzene rings is 1. The first-order valence-corrected chi connectivity index (χ1v) is 11.1. The molecule has 0 bridgehead atoms. The zero-order valence-electron chi connectivity index (χ0n) is 16.8. The van der Waals surface area contributed by atoms with Crippen LogP contribution in [0.1, 0.15) is 60.7 Å². The van der Waals surface area contributed by atoms with Gasteiger partial charge in [0.25, 0.3) is 5.56 Å². The summed E-state index contributed by atoms with van der Waals surface area (Å²) in [5.74, 6) is 1.52. The number of H-pyrrole nitrogens is 1. The molecule has 1 N–H and O–H groups in total. The summed E-state index contributed by atoms with van der Waals surface area (Å²) in [6.45, 7) is 2.29. The van der Waals surface area contributed by atoms with E-state index in [2.05, 4.69) is 9.88 Å². The number of aromatic nitrogens is 2. The van der Waals surface area contributed by atoms with Gasteiger partial charge in [0.05, 0.1) is 16.3 Å². The molecule has 0 atom stereocenters. The van der Waals surface area contributed by atoms with Crippen molar-refractivity contribution in [2.75, 3.05) is 19.7 Å². The van der Waals surface area contributed by atoms with Gasteiger partial charge < -0.3 is 9.72 Å². The van der Waals surface area contributed by atoms with Gasteiger partial charge in [-0.2, -0.15) is 0 Å². The predicted octanol–water partition coefficient (Wildman–Crippen LogP) is 4.36. The molecule has 0 spiro atoms. The summed E-state index contributed by atoms with van der Waals surface area (Å²) in [5, 5.41) is 0.543. The fourth-order valence-electron chi connectivity index (χ4n) is 4.81. The van der Waals surface area contributed by atoms with Crippen LogP contribution in [0.4, 0.5) is 4.39 Å². The fourth-order valence-corrected chi connectivity index (χ4v) is 5.07. The van der Waals surface area contributed by atoms with Crippen LogP contribution in [0.15, 0.2) is 28.6 Å². The maximum absolute atomic E-state index is 13.6. The van der Waals surface area contributed by atoms with E-state index in [0.717, 1.165) is 48.5 Å². The number of ether oxygens (including phenoxy) is 1. The third-order valence-electron chi connectivity index (χ3n) is 6.46. The summed E-state index contributed by atoms with van der Waals surface area (Å²) in [7, 11) is 0. The molecule has 0 radical (unpaired) electrons. The van der Waals surface area contributed by atoms with Gasteiger partial charge in [0, 0.05) is 43.1 Å². The zero-order valence-corrected chi connectivity index (χ0v) is 17.6. The maximum atomic E-state index is 13.6. The van der Waals surface area contributed by atoms with Crippen molar-refractivity contribution in [3.8, 4) is 5.75 Å². The predicted molar refractivity (Wildman–Crippen MR) is 114 cm³/mol. The van der Waals surface area contributed by atoms with Crippen LogP contribution < -0.4 is 10.3 Å². The first kappa shape index (κ1) is 19.8. The van der Waals surface area contributed by atoms with Gasteiger partial charge in [-0.15, -0.1) is 0 Å². The summed E-state index contributed by atoms with van der Waals surface area (Å²) in [5.41, 5.74) is 3.16. The van der Waals surface area contributed by atoms with Crippen molar-refractivity contribution in [2.24, 2.45) is 0 Å². The van der Waals surface area contributed by atoms with Gasteiger partial charge in [-0.1, -0.05) is 30.9 Å². The van der Waals surface area contributed by atoms with Crippen molar-refractivity contribution in [3.05, 3.63) is 62.6 Å². The Hall–Kier alpha value is -2.18. The second-order valence-corrected chi connectivity index (χ2v) is 8.90. The van der Waals surface area contributed by atoms with E-state index in [1.54, 1.807) is 6.07 Å². The summed E-state index contributed by atoms with van der Waals surface area (Å²) in [6, 6.07) is 4.39. The van der Waals surface area contributed by atoms with Crippen LogP contribution in [0, 0.1) is 5.82 Å². The van der Waals surface area contributed by atoms with Gasteiger partial charge in [0.1, 0.15) is 24.0 Å². The lowest BCUT2D eigenvalue weighted by Crippen LogP contribution is -2.38. The van der Waals surface area contributed by atoms with E-state index in [1.807, 2.05) is 0 Å². The highest BCUT2D eigenvalue weighted by Crippen LogP contribution is 2.36. The van der Waals surface area contributed by atoms with E-state index in [-0.39, 0.29) is 11.4 Å². The lowest BCUT2D eigenvalue weighted by atomic mass is 9.88. The second-order valence-electron chi connectivity index (χ2n) is 8.52. The molecule has 1 aromatic heterocycles. The molecule has 5 nitrogen and oxygen atoms in total.